The first-order chi connectivity index (χ1) is 12.8. The second-order valence-electron chi connectivity index (χ2n) is 7.53. The van der Waals surface area contributed by atoms with E-state index in [4.69, 9.17) is 10.8 Å². The summed E-state index contributed by atoms with van der Waals surface area (Å²) in [6, 6.07) is -1.36. The minimum Gasteiger partial charge on any atom is -0.394 e. The SMILES string of the molecule is CCCCCCCCCCCC(O)CCC(=O)[C@H](N)[C@@H](O)[C@H](O)[C@H](O)CO. The molecule has 1 unspecified atom stereocenters. The molecular weight excluding hydrogens is 350 g/mol. The molecule has 0 aromatic carbocycles. The predicted molar refractivity (Wildman–Crippen MR) is 105 cm³/mol. The van der Waals surface area contributed by atoms with Gasteiger partial charge < -0.3 is 31.3 Å². The zero-order chi connectivity index (χ0) is 20.7. The lowest BCUT2D eigenvalue weighted by molar-refractivity contribution is -0.129. The van der Waals surface area contributed by atoms with Gasteiger partial charge in [0, 0.05) is 6.42 Å². The highest BCUT2D eigenvalue weighted by Gasteiger charge is 2.32. The number of hydrogen-bond donors (Lipinski definition) is 6. The minimum atomic E-state index is -1.69. The highest BCUT2D eigenvalue weighted by molar-refractivity contribution is 5.84. The molecule has 0 aromatic heterocycles. The van der Waals surface area contributed by atoms with Gasteiger partial charge in [0.15, 0.2) is 5.78 Å². The van der Waals surface area contributed by atoms with Gasteiger partial charge in [0.05, 0.1) is 18.8 Å². The minimum absolute atomic E-state index is 0.00123. The fraction of sp³-hybridized carbons (Fsp3) is 0.950. The van der Waals surface area contributed by atoms with Crippen LogP contribution in [0.1, 0.15) is 84.0 Å². The number of rotatable bonds is 18. The van der Waals surface area contributed by atoms with Crippen LogP contribution in [0.5, 0.6) is 0 Å². The van der Waals surface area contributed by atoms with Crippen LogP contribution in [0.3, 0.4) is 0 Å². The molecule has 0 aliphatic rings. The van der Waals surface area contributed by atoms with Crippen molar-refractivity contribution in [2.75, 3.05) is 6.61 Å². The third kappa shape index (κ3) is 12.5. The van der Waals surface area contributed by atoms with Crippen molar-refractivity contribution in [2.24, 2.45) is 5.73 Å². The molecule has 5 atom stereocenters. The summed E-state index contributed by atoms with van der Waals surface area (Å²) in [6.45, 7) is 1.47. The topological polar surface area (TPSA) is 144 Å². The average Bonchev–Trinajstić information content (AvgIpc) is 2.68. The Bertz CT molecular complexity index is 368. The maximum absolute atomic E-state index is 12.0. The molecule has 0 bridgehead atoms. The van der Waals surface area contributed by atoms with Gasteiger partial charge in [-0.2, -0.15) is 0 Å². The zero-order valence-corrected chi connectivity index (χ0v) is 16.8. The smallest absolute Gasteiger partial charge is 0.152 e. The zero-order valence-electron chi connectivity index (χ0n) is 16.8. The van der Waals surface area contributed by atoms with Crippen LogP contribution < -0.4 is 5.73 Å². The van der Waals surface area contributed by atoms with Crippen molar-refractivity contribution in [3.63, 3.8) is 0 Å². The Hall–Kier alpha value is -0.570. The van der Waals surface area contributed by atoms with Gasteiger partial charge in [-0.15, -0.1) is 0 Å². The van der Waals surface area contributed by atoms with Crippen LogP contribution in [0, 0.1) is 0 Å². The summed E-state index contributed by atoms with van der Waals surface area (Å²) in [5, 5.41) is 47.4. The number of nitrogens with two attached hydrogens (primary N) is 1. The van der Waals surface area contributed by atoms with Crippen molar-refractivity contribution < 1.29 is 30.3 Å². The molecule has 27 heavy (non-hydrogen) atoms. The summed E-state index contributed by atoms with van der Waals surface area (Å²) in [6.07, 6.45) is 6.23. The Morgan fingerprint density at radius 3 is 1.85 bits per heavy atom. The van der Waals surface area contributed by atoms with E-state index in [1.807, 2.05) is 0 Å². The van der Waals surface area contributed by atoms with Crippen LogP contribution in [-0.4, -0.2) is 68.4 Å². The highest BCUT2D eigenvalue weighted by atomic mass is 16.4. The largest absolute Gasteiger partial charge is 0.394 e. The van der Waals surface area contributed by atoms with Gasteiger partial charge in [0.25, 0.3) is 0 Å². The fourth-order valence-corrected chi connectivity index (χ4v) is 3.05. The molecule has 0 spiro atoms. The van der Waals surface area contributed by atoms with Crippen LogP contribution in [-0.2, 0) is 4.79 Å². The van der Waals surface area contributed by atoms with Crippen molar-refractivity contribution in [1.82, 2.24) is 0 Å². The number of hydrogen-bond acceptors (Lipinski definition) is 7. The van der Waals surface area contributed by atoms with E-state index in [2.05, 4.69) is 6.92 Å². The van der Waals surface area contributed by atoms with Gasteiger partial charge in [0.2, 0.25) is 0 Å². The maximum Gasteiger partial charge on any atom is 0.152 e. The van der Waals surface area contributed by atoms with Crippen molar-refractivity contribution in [1.29, 1.82) is 0 Å². The molecule has 7 heteroatoms. The summed E-state index contributed by atoms with van der Waals surface area (Å²) < 4.78 is 0. The maximum atomic E-state index is 12.0. The van der Waals surface area contributed by atoms with E-state index in [1.165, 1.54) is 44.9 Å². The van der Waals surface area contributed by atoms with Crippen LogP contribution in [0.4, 0.5) is 0 Å². The summed E-state index contributed by atoms with van der Waals surface area (Å²) in [7, 11) is 0. The van der Waals surface area contributed by atoms with Crippen molar-refractivity contribution in [3.8, 4) is 0 Å². The summed E-state index contributed by atoms with van der Waals surface area (Å²) >= 11 is 0. The number of Topliss-reactive ketones (excluding diaryl/α,β-unsaturated/α-hetero) is 1. The normalized spacial score (nSPS) is 17.3. The monoisotopic (exact) mass is 391 g/mol. The number of carbonyl (C=O) groups excluding carboxylic acids is 1. The molecule has 0 radical (unpaired) electrons. The van der Waals surface area contributed by atoms with Crippen LogP contribution in [0.15, 0.2) is 0 Å². The summed E-state index contributed by atoms with van der Waals surface area (Å²) in [4.78, 5) is 12.0. The molecule has 0 aliphatic carbocycles. The Kier molecular flexibility index (Phi) is 16.0. The van der Waals surface area contributed by atoms with Crippen molar-refractivity contribution in [3.05, 3.63) is 0 Å². The number of aliphatic hydroxyl groups is 5. The van der Waals surface area contributed by atoms with Crippen LogP contribution in [0.2, 0.25) is 0 Å². The molecule has 0 saturated carbocycles. The summed E-state index contributed by atoms with van der Waals surface area (Å²) in [5.41, 5.74) is 5.60. The second-order valence-corrected chi connectivity index (χ2v) is 7.53. The van der Waals surface area contributed by atoms with Gasteiger partial charge in [-0.3, -0.25) is 4.79 Å². The third-order valence-corrected chi connectivity index (χ3v) is 5.04. The number of carbonyl (C=O) groups is 1. The Balaban J connectivity index is 3.81. The lowest BCUT2D eigenvalue weighted by Gasteiger charge is -2.25. The molecular formula is C20H41NO6. The molecule has 0 fully saturated rings. The van der Waals surface area contributed by atoms with Gasteiger partial charge >= 0.3 is 0 Å². The molecule has 0 rings (SSSR count). The van der Waals surface area contributed by atoms with E-state index in [0.717, 1.165) is 12.8 Å². The molecule has 7 N–H and O–H groups in total. The molecule has 0 aliphatic heterocycles. The molecule has 0 amide bonds. The van der Waals surface area contributed by atoms with E-state index < -0.39 is 42.8 Å². The van der Waals surface area contributed by atoms with Crippen LogP contribution >= 0.6 is 0 Å². The highest BCUT2D eigenvalue weighted by Crippen LogP contribution is 2.14. The molecule has 7 nitrogen and oxygen atoms in total. The van der Waals surface area contributed by atoms with Crippen LogP contribution in [0.25, 0.3) is 0 Å². The summed E-state index contributed by atoms with van der Waals surface area (Å²) in [5.74, 6) is -0.488. The fourth-order valence-electron chi connectivity index (χ4n) is 3.05. The first kappa shape index (κ1) is 26.4. The van der Waals surface area contributed by atoms with Gasteiger partial charge in [0.1, 0.15) is 18.3 Å². The van der Waals surface area contributed by atoms with Gasteiger partial charge in [-0.05, 0) is 12.8 Å². The quantitative estimate of drug-likeness (QED) is 0.191. The average molecular weight is 392 g/mol. The lowest BCUT2D eigenvalue weighted by Crippen LogP contribution is -2.52. The first-order valence-corrected chi connectivity index (χ1v) is 10.5. The van der Waals surface area contributed by atoms with E-state index in [0.29, 0.717) is 6.42 Å². The number of ketones is 1. The van der Waals surface area contributed by atoms with Crippen molar-refractivity contribution in [2.45, 2.75) is 114 Å². The van der Waals surface area contributed by atoms with E-state index >= 15 is 0 Å². The second kappa shape index (κ2) is 16.4. The van der Waals surface area contributed by atoms with Gasteiger partial charge in [-0.1, -0.05) is 64.7 Å². The molecule has 0 aromatic rings. The van der Waals surface area contributed by atoms with Crippen molar-refractivity contribution >= 4 is 5.78 Å². The molecule has 0 saturated heterocycles. The molecule has 162 valence electrons. The van der Waals surface area contributed by atoms with E-state index in [9.17, 15) is 25.2 Å². The molecule has 0 heterocycles. The third-order valence-electron chi connectivity index (χ3n) is 5.04. The first-order valence-electron chi connectivity index (χ1n) is 10.5. The predicted octanol–water partition coefficient (Wildman–Crippen LogP) is 1.02. The number of aliphatic hydroxyl groups excluding tert-OH is 5. The Morgan fingerprint density at radius 1 is 0.815 bits per heavy atom. The van der Waals surface area contributed by atoms with E-state index in [-0.39, 0.29) is 12.8 Å². The Labute approximate surface area is 163 Å². The van der Waals surface area contributed by atoms with Gasteiger partial charge in [-0.25, -0.2) is 0 Å². The standard InChI is InChI=1S/C20H41NO6/c1-2-3-4-5-6-7-8-9-10-11-15(23)12-13-16(24)18(21)20(27)19(26)17(25)14-22/h15,17-20,22-23,25-27H,2-14,21H2,1H3/t15?,17-,18+,19-,20-/m1/s1. The Morgan fingerprint density at radius 2 is 1.33 bits per heavy atom. The lowest BCUT2D eigenvalue weighted by atomic mass is 9.95. The number of unbranched alkanes of at least 4 members (excludes halogenated alkanes) is 8. The van der Waals surface area contributed by atoms with E-state index in [1.54, 1.807) is 0 Å².